The third-order valence-corrected chi connectivity index (χ3v) is 6.75. The van der Waals surface area contributed by atoms with E-state index in [9.17, 15) is 5.26 Å². The highest BCUT2D eigenvalue weighted by Crippen LogP contribution is 2.40. The standard InChI is InChI=1S/C26H29Cl2N5O3/c1-32-6-8-33(9-7-32)5-4-10-36-25-13-21-18(11-24(25)35-3)26(17(15-29)16-30-21)31-22-14-23(34-2)20(28)12-19(22)27/h11-14,16H,4-10H2,1-3H3,(H,30,31)/i2+1D3. The molecule has 1 N–H and O–H groups in total. The number of aromatic nitrogens is 1. The van der Waals surface area contributed by atoms with E-state index in [1.165, 1.54) is 18.3 Å². The normalized spacial score (nSPS) is 16.0. The minimum absolute atomic E-state index is 0.0397. The summed E-state index contributed by atoms with van der Waals surface area (Å²) >= 11 is 12.5. The second kappa shape index (κ2) is 11.8. The molecule has 36 heavy (non-hydrogen) atoms. The van der Waals surface area contributed by atoms with Gasteiger partial charge in [-0.1, -0.05) is 23.2 Å². The molecule has 190 valence electrons. The Balaban J connectivity index is 1.59. The quantitative estimate of drug-likeness (QED) is 0.297. The lowest BCUT2D eigenvalue weighted by atomic mass is 10.1. The van der Waals surface area contributed by atoms with Gasteiger partial charge >= 0.3 is 0 Å². The van der Waals surface area contributed by atoms with Gasteiger partial charge in [-0.2, -0.15) is 5.26 Å². The predicted molar refractivity (Wildman–Crippen MR) is 143 cm³/mol. The molecular weight excluding hydrogens is 502 g/mol. The van der Waals surface area contributed by atoms with Crippen LogP contribution in [0.25, 0.3) is 10.9 Å². The van der Waals surface area contributed by atoms with Gasteiger partial charge in [0.2, 0.25) is 0 Å². The maximum absolute atomic E-state index is 9.78. The van der Waals surface area contributed by atoms with Crippen molar-refractivity contribution in [1.29, 1.82) is 5.26 Å². The number of likely N-dealkylation sites (N-methyl/N-ethyl adjacent to an activating group) is 1. The Morgan fingerprint density at radius 1 is 1.08 bits per heavy atom. The van der Waals surface area contributed by atoms with E-state index in [0.29, 0.717) is 40.4 Å². The molecule has 1 aliphatic rings. The van der Waals surface area contributed by atoms with Crippen molar-refractivity contribution in [1.82, 2.24) is 14.8 Å². The van der Waals surface area contributed by atoms with Crippen molar-refractivity contribution < 1.29 is 18.3 Å². The summed E-state index contributed by atoms with van der Waals surface area (Å²) in [5.41, 5.74) is 1.52. The van der Waals surface area contributed by atoms with Crippen molar-refractivity contribution >= 4 is 45.5 Å². The average molecular weight is 534 g/mol. The van der Waals surface area contributed by atoms with Gasteiger partial charge in [-0.25, -0.2) is 0 Å². The first-order chi connectivity index (χ1) is 18.6. The number of nitriles is 1. The van der Waals surface area contributed by atoms with E-state index in [1.807, 2.05) is 0 Å². The number of hydrogen-bond acceptors (Lipinski definition) is 8. The monoisotopic (exact) mass is 533 g/mol. The van der Waals surface area contributed by atoms with E-state index in [0.717, 1.165) is 39.1 Å². The van der Waals surface area contributed by atoms with Crippen LogP contribution in [0.15, 0.2) is 30.5 Å². The Labute approximate surface area is 225 Å². The van der Waals surface area contributed by atoms with Gasteiger partial charge in [0, 0.05) is 56.4 Å². The molecule has 10 heteroatoms. The fraction of sp³-hybridized carbons (Fsp3) is 0.385. The van der Waals surface area contributed by atoms with Crippen LogP contribution in [0.1, 0.15) is 16.1 Å². The first-order valence-corrected chi connectivity index (χ1v) is 12.2. The number of pyridine rings is 1. The maximum atomic E-state index is 9.78. The largest absolute Gasteiger partial charge is 0.495 e. The lowest BCUT2D eigenvalue weighted by Crippen LogP contribution is -2.44. The van der Waals surface area contributed by atoms with Crippen LogP contribution in [0.5, 0.6) is 17.2 Å². The fourth-order valence-corrected chi connectivity index (χ4v) is 4.54. The third-order valence-electron chi connectivity index (χ3n) is 6.14. The van der Waals surface area contributed by atoms with Crippen molar-refractivity contribution in [2.45, 2.75) is 6.42 Å². The predicted octanol–water partition coefficient (Wildman–Crippen LogP) is 5.19. The molecule has 0 amide bonds. The number of nitrogens with zero attached hydrogens (tertiary/aromatic N) is 4. The molecule has 0 atom stereocenters. The Morgan fingerprint density at radius 3 is 2.61 bits per heavy atom. The molecule has 1 fully saturated rings. The summed E-state index contributed by atoms with van der Waals surface area (Å²) in [7, 11) is 0.975. The lowest BCUT2D eigenvalue weighted by molar-refractivity contribution is 0.145. The lowest BCUT2D eigenvalue weighted by Gasteiger charge is -2.32. The summed E-state index contributed by atoms with van der Waals surface area (Å²) in [4.78, 5) is 9.19. The zero-order valence-corrected chi connectivity index (χ0v) is 21.6. The van der Waals surface area contributed by atoms with Crippen LogP contribution >= 0.6 is 23.2 Å². The third kappa shape index (κ3) is 5.88. The SMILES string of the molecule is [2H][13C]([2H])([2H])Oc1cc(Nc2c(C#N)cnc3cc(OCCCN4CCN(C)CC4)c(OC)cc23)c(Cl)cc1Cl. The molecule has 0 saturated carbocycles. The van der Waals surface area contributed by atoms with E-state index in [4.69, 9.17) is 41.5 Å². The Kier molecular flexibility index (Phi) is 7.33. The fourth-order valence-electron chi connectivity index (χ4n) is 4.07. The molecule has 2 heterocycles. The molecule has 0 spiro atoms. The molecule has 0 aliphatic carbocycles. The Morgan fingerprint density at radius 2 is 1.89 bits per heavy atom. The van der Waals surface area contributed by atoms with Crippen molar-refractivity contribution in [3.8, 4) is 23.3 Å². The van der Waals surface area contributed by atoms with Gasteiger partial charge in [-0.3, -0.25) is 4.98 Å². The number of ether oxygens (including phenoxy) is 3. The van der Waals surface area contributed by atoms with Crippen LogP contribution in [0.2, 0.25) is 10.0 Å². The summed E-state index contributed by atoms with van der Waals surface area (Å²) < 4.78 is 38.8. The van der Waals surface area contributed by atoms with Crippen LogP contribution in [0.3, 0.4) is 0 Å². The highest BCUT2D eigenvalue weighted by Gasteiger charge is 2.17. The molecule has 8 nitrogen and oxygen atoms in total. The smallest absolute Gasteiger partial charge is 0.163 e. The molecule has 0 bridgehead atoms. The molecule has 1 aliphatic heterocycles. The molecule has 0 radical (unpaired) electrons. The summed E-state index contributed by atoms with van der Waals surface area (Å²) in [5, 5.41) is 13.7. The second-order valence-corrected chi connectivity index (χ2v) is 9.33. The number of benzene rings is 2. The second-order valence-electron chi connectivity index (χ2n) is 8.52. The first-order valence-electron chi connectivity index (χ1n) is 13.0. The highest BCUT2D eigenvalue weighted by molar-refractivity contribution is 6.37. The van der Waals surface area contributed by atoms with Crippen LogP contribution < -0.4 is 19.5 Å². The summed E-state index contributed by atoms with van der Waals surface area (Å²) in [5.74, 6) is 0.949. The number of halogens is 2. The van der Waals surface area contributed by atoms with Crippen molar-refractivity contribution in [3.63, 3.8) is 0 Å². The number of hydrogen-bond donors (Lipinski definition) is 1. The van der Waals surface area contributed by atoms with E-state index in [-0.39, 0.29) is 21.4 Å². The van der Waals surface area contributed by atoms with E-state index in [1.54, 1.807) is 19.2 Å². The number of piperazine rings is 1. The summed E-state index contributed by atoms with van der Waals surface area (Å²) in [6.07, 6.45) is 2.31. The number of nitrogens with one attached hydrogen (secondary N) is 1. The number of anilines is 2. The van der Waals surface area contributed by atoms with E-state index >= 15 is 0 Å². The van der Waals surface area contributed by atoms with Crippen LogP contribution in [0, 0.1) is 11.3 Å². The highest BCUT2D eigenvalue weighted by atomic mass is 35.5. The average Bonchev–Trinajstić information content (AvgIpc) is 2.89. The van der Waals surface area contributed by atoms with Gasteiger partial charge in [0.1, 0.15) is 11.8 Å². The molecular formula is C26H29Cl2N5O3. The first kappa shape index (κ1) is 22.3. The molecule has 0 unspecified atom stereocenters. The molecule has 1 saturated heterocycles. The molecule has 2 aromatic carbocycles. The number of methoxy groups -OCH3 is 2. The zero-order chi connectivity index (χ0) is 28.2. The van der Waals surface area contributed by atoms with Crippen LogP contribution in [-0.2, 0) is 0 Å². The van der Waals surface area contributed by atoms with Crippen LogP contribution in [-0.4, -0.2) is 75.3 Å². The minimum Gasteiger partial charge on any atom is -0.495 e. The van der Waals surface area contributed by atoms with Gasteiger partial charge in [-0.05, 0) is 25.6 Å². The summed E-state index contributed by atoms with van der Waals surface area (Å²) in [6.45, 7) is 5.72. The summed E-state index contributed by atoms with van der Waals surface area (Å²) in [6, 6.07) is 8.38. The minimum atomic E-state index is -2.70. The van der Waals surface area contributed by atoms with Gasteiger partial charge in [0.05, 0.1) is 57.4 Å². The van der Waals surface area contributed by atoms with Crippen molar-refractivity contribution in [2.75, 3.05) is 65.8 Å². The molecule has 1 aromatic heterocycles. The van der Waals surface area contributed by atoms with Crippen LogP contribution in [0.4, 0.5) is 11.4 Å². The Hall–Kier alpha value is -2.96. The number of fused-ring (bicyclic) bond motifs is 1. The Bertz CT molecular complexity index is 1380. The van der Waals surface area contributed by atoms with Gasteiger partial charge < -0.3 is 29.3 Å². The molecule has 4 rings (SSSR count). The topological polar surface area (TPSA) is 82.9 Å². The van der Waals surface area contributed by atoms with Crippen molar-refractivity contribution in [3.05, 3.63) is 46.1 Å². The number of rotatable bonds is 9. The van der Waals surface area contributed by atoms with Gasteiger partial charge in [0.25, 0.3) is 0 Å². The van der Waals surface area contributed by atoms with Crippen molar-refractivity contribution in [2.24, 2.45) is 0 Å². The maximum Gasteiger partial charge on any atom is 0.163 e. The zero-order valence-electron chi connectivity index (χ0n) is 23.1. The van der Waals surface area contributed by atoms with E-state index < -0.39 is 7.04 Å². The molecule has 3 aromatic rings. The van der Waals surface area contributed by atoms with E-state index in [2.05, 4.69) is 33.2 Å². The van der Waals surface area contributed by atoms with Gasteiger partial charge in [-0.15, -0.1) is 0 Å². The van der Waals surface area contributed by atoms with Gasteiger partial charge in [0.15, 0.2) is 11.5 Å².